The molecule has 3 aromatic carbocycles. The van der Waals surface area contributed by atoms with E-state index in [0.29, 0.717) is 13.2 Å². The van der Waals surface area contributed by atoms with E-state index in [2.05, 4.69) is 64.4 Å². The first-order chi connectivity index (χ1) is 14.8. The minimum atomic E-state index is -0.487. The number of nitrogens with zero attached hydrogens (tertiary/aromatic N) is 2. The summed E-state index contributed by atoms with van der Waals surface area (Å²) in [5.74, 6) is 0.793. The number of aliphatic hydroxyl groups excluding tert-OH is 1. The number of hydrogen-bond donors (Lipinski definition) is 1. The van der Waals surface area contributed by atoms with Crippen LogP contribution in [0.25, 0.3) is 11.1 Å². The van der Waals surface area contributed by atoms with E-state index in [9.17, 15) is 5.11 Å². The Balaban J connectivity index is 1.18. The van der Waals surface area contributed by atoms with E-state index in [1.807, 2.05) is 30.3 Å². The molecule has 1 aliphatic rings. The van der Waals surface area contributed by atoms with Crippen molar-refractivity contribution in [1.29, 1.82) is 0 Å². The first kappa shape index (κ1) is 20.6. The molecule has 1 fully saturated rings. The van der Waals surface area contributed by atoms with Gasteiger partial charge in [-0.2, -0.15) is 0 Å². The fourth-order valence-corrected chi connectivity index (χ4v) is 3.89. The predicted molar refractivity (Wildman–Crippen MR) is 122 cm³/mol. The van der Waals surface area contributed by atoms with Crippen LogP contribution < -0.4 is 4.74 Å². The summed E-state index contributed by atoms with van der Waals surface area (Å²) < 4.78 is 5.81. The summed E-state index contributed by atoms with van der Waals surface area (Å²) in [5, 5.41) is 10.4. The molecule has 0 bridgehead atoms. The second-order valence-corrected chi connectivity index (χ2v) is 7.92. The first-order valence-corrected chi connectivity index (χ1v) is 10.7. The summed E-state index contributed by atoms with van der Waals surface area (Å²) in [6.07, 6.45) is -0.487. The Labute approximate surface area is 179 Å². The van der Waals surface area contributed by atoms with Gasteiger partial charge in [-0.15, -0.1) is 0 Å². The van der Waals surface area contributed by atoms with Crippen LogP contribution in [0.5, 0.6) is 5.75 Å². The van der Waals surface area contributed by atoms with Gasteiger partial charge in [0.05, 0.1) is 0 Å². The van der Waals surface area contributed by atoms with Crippen molar-refractivity contribution in [2.24, 2.45) is 0 Å². The second kappa shape index (κ2) is 10.4. The van der Waals surface area contributed by atoms with Crippen molar-refractivity contribution in [1.82, 2.24) is 9.80 Å². The molecular weight excluding hydrogens is 372 g/mol. The Hall–Kier alpha value is -2.66. The van der Waals surface area contributed by atoms with Crippen molar-refractivity contribution in [2.45, 2.75) is 12.6 Å². The van der Waals surface area contributed by atoms with Crippen LogP contribution in [0, 0.1) is 0 Å². The number of piperazine rings is 1. The molecule has 1 N–H and O–H groups in total. The van der Waals surface area contributed by atoms with Gasteiger partial charge < -0.3 is 9.84 Å². The van der Waals surface area contributed by atoms with Gasteiger partial charge in [-0.1, -0.05) is 72.8 Å². The predicted octanol–water partition coefficient (Wildman–Crippen LogP) is 3.91. The van der Waals surface area contributed by atoms with Crippen molar-refractivity contribution in [3.05, 3.63) is 90.5 Å². The molecular formula is C26H30N2O2. The number of ether oxygens (including phenoxy) is 1. The van der Waals surface area contributed by atoms with Crippen LogP contribution in [-0.4, -0.2) is 60.3 Å². The molecule has 0 spiro atoms. The summed E-state index contributed by atoms with van der Waals surface area (Å²) in [7, 11) is 0. The third-order valence-corrected chi connectivity index (χ3v) is 5.59. The van der Waals surface area contributed by atoms with E-state index in [1.165, 1.54) is 11.1 Å². The zero-order valence-electron chi connectivity index (χ0n) is 17.4. The number of benzene rings is 3. The molecule has 0 saturated carbocycles. The molecule has 4 nitrogen and oxygen atoms in total. The van der Waals surface area contributed by atoms with Crippen LogP contribution >= 0.6 is 0 Å². The molecule has 1 heterocycles. The lowest BCUT2D eigenvalue weighted by Crippen LogP contribution is -2.48. The third kappa shape index (κ3) is 5.92. The molecule has 0 aromatic heterocycles. The van der Waals surface area contributed by atoms with Gasteiger partial charge >= 0.3 is 0 Å². The van der Waals surface area contributed by atoms with E-state index >= 15 is 0 Å². The number of β-amino-alcohol motifs (C(OH)–C–C–N with tert-alkyl or cyclic N) is 1. The molecule has 156 valence electrons. The van der Waals surface area contributed by atoms with Crippen molar-refractivity contribution in [2.75, 3.05) is 39.3 Å². The fourth-order valence-electron chi connectivity index (χ4n) is 3.89. The van der Waals surface area contributed by atoms with E-state index < -0.39 is 6.10 Å². The highest BCUT2D eigenvalue weighted by atomic mass is 16.5. The minimum absolute atomic E-state index is 0.314. The largest absolute Gasteiger partial charge is 0.491 e. The SMILES string of the molecule is O[C@H](COc1ccc(-c2ccccc2)cc1)CN1CCN(Cc2ccccc2)CC1. The molecule has 1 aliphatic heterocycles. The standard InChI is InChI=1S/C26H30N2O2/c29-25(20-28-17-15-27(16-18-28)19-22-7-3-1-4-8-22)21-30-26-13-11-24(12-14-26)23-9-5-2-6-10-23/h1-14,25,29H,15-21H2/t25-/m0/s1. The van der Waals surface area contributed by atoms with Crippen LogP contribution in [0.15, 0.2) is 84.9 Å². The summed E-state index contributed by atoms with van der Waals surface area (Å²) in [5.41, 5.74) is 3.71. The van der Waals surface area contributed by atoms with Crippen LogP contribution in [0.1, 0.15) is 5.56 Å². The molecule has 30 heavy (non-hydrogen) atoms. The molecule has 3 aromatic rings. The average Bonchev–Trinajstić information content (AvgIpc) is 2.81. The minimum Gasteiger partial charge on any atom is -0.491 e. The number of rotatable bonds is 8. The lowest BCUT2D eigenvalue weighted by atomic mass is 10.1. The quantitative estimate of drug-likeness (QED) is 0.620. The lowest BCUT2D eigenvalue weighted by Gasteiger charge is -2.35. The first-order valence-electron chi connectivity index (χ1n) is 10.7. The zero-order chi connectivity index (χ0) is 20.6. The van der Waals surface area contributed by atoms with E-state index in [-0.39, 0.29) is 0 Å². The van der Waals surface area contributed by atoms with Gasteiger partial charge in [0.25, 0.3) is 0 Å². The van der Waals surface area contributed by atoms with Gasteiger partial charge in [-0.3, -0.25) is 9.80 Å². The highest BCUT2D eigenvalue weighted by molar-refractivity contribution is 5.63. The van der Waals surface area contributed by atoms with Crippen molar-refractivity contribution < 1.29 is 9.84 Å². The van der Waals surface area contributed by atoms with Gasteiger partial charge in [0.15, 0.2) is 0 Å². The molecule has 0 aliphatic carbocycles. The van der Waals surface area contributed by atoms with Crippen LogP contribution in [-0.2, 0) is 6.54 Å². The molecule has 0 unspecified atom stereocenters. The monoisotopic (exact) mass is 402 g/mol. The Bertz CT molecular complexity index is 876. The molecule has 1 atom stereocenters. The Morgan fingerprint density at radius 3 is 1.93 bits per heavy atom. The highest BCUT2D eigenvalue weighted by Crippen LogP contribution is 2.22. The van der Waals surface area contributed by atoms with Crippen molar-refractivity contribution in [3.63, 3.8) is 0 Å². The average molecular weight is 403 g/mol. The Morgan fingerprint density at radius 2 is 1.27 bits per heavy atom. The maximum Gasteiger partial charge on any atom is 0.119 e. The Kier molecular flexibility index (Phi) is 7.14. The Morgan fingerprint density at radius 1 is 0.700 bits per heavy atom. The van der Waals surface area contributed by atoms with Gasteiger partial charge in [-0.25, -0.2) is 0 Å². The van der Waals surface area contributed by atoms with E-state index in [0.717, 1.165) is 44.0 Å². The van der Waals surface area contributed by atoms with Crippen molar-refractivity contribution in [3.8, 4) is 16.9 Å². The molecule has 0 radical (unpaired) electrons. The molecule has 0 amide bonds. The van der Waals surface area contributed by atoms with Gasteiger partial charge in [0.1, 0.15) is 18.5 Å². The smallest absolute Gasteiger partial charge is 0.119 e. The number of hydrogen-bond acceptors (Lipinski definition) is 4. The normalized spacial score (nSPS) is 16.3. The summed E-state index contributed by atoms with van der Waals surface area (Å²) >= 11 is 0. The van der Waals surface area contributed by atoms with Gasteiger partial charge in [0, 0.05) is 39.3 Å². The molecule has 1 saturated heterocycles. The lowest BCUT2D eigenvalue weighted by molar-refractivity contribution is 0.0446. The summed E-state index contributed by atoms with van der Waals surface area (Å²) in [6.45, 7) is 5.99. The van der Waals surface area contributed by atoms with Crippen molar-refractivity contribution >= 4 is 0 Å². The van der Waals surface area contributed by atoms with Crippen LogP contribution in [0.3, 0.4) is 0 Å². The van der Waals surface area contributed by atoms with Crippen LogP contribution in [0.4, 0.5) is 0 Å². The number of aliphatic hydroxyl groups is 1. The fraction of sp³-hybridized carbons (Fsp3) is 0.308. The van der Waals surface area contributed by atoms with E-state index in [4.69, 9.17) is 4.74 Å². The maximum atomic E-state index is 10.4. The summed E-state index contributed by atoms with van der Waals surface area (Å²) in [4.78, 5) is 4.80. The van der Waals surface area contributed by atoms with Gasteiger partial charge in [0.2, 0.25) is 0 Å². The van der Waals surface area contributed by atoms with Gasteiger partial charge in [-0.05, 0) is 28.8 Å². The van der Waals surface area contributed by atoms with Crippen LogP contribution in [0.2, 0.25) is 0 Å². The molecule has 4 rings (SSSR count). The summed E-state index contributed by atoms with van der Waals surface area (Å²) in [6, 6.07) is 29.0. The third-order valence-electron chi connectivity index (χ3n) is 5.59. The topological polar surface area (TPSA) is 35.9 Å². The maximum absolute atomic E-state index is 10.4. The highest BCUT2D eigenvalue weighted by Gasteiger charge is 2.19. The van der Waals surface area contributed by atoms with E-state index in [1.54, 1.807) is 0 Å². The second-order valence-electron chi connectivity index (χ2n) is 7.92. The molecule has 4 heteroatoms. The zero-order valence-corrected chi connectivity index (χ0v) is 17.4.